The van der Waals surface area contributed by atoms with E-state index in [9.17, 15) is 4.79 Å². The van der Waals surface area contributed by atoms with Crippen LogP contribution >= 0.6 is 0 Å². The Kier molecular flexibility index (Phi) is 3.08. The molecule has 0 spiro atoms. The van der Waals surface area contributed by atoms with Gasteiger partial charge in [-0.25, -0.2) is 9.97 Å². The SMILES string of the molecule is Cc1nc(CN(C)C(=O)c2cnccn2)n[nH]1. The first-order valence-corrected chi connectivity index (χ1v) is 5.06. The Labute approximate surface area is 97.9 Å². The molecule has 0 aliphatic rings. The molecule has 2 aromatic rings. The zero-order valence-corrected chi connectivity index (χ0v) is 9.58. The van der Waals surface area contributed by atoms with E-state index in [1.54, 1.807) is 14.0 Å². The van der Waals surface area contributed by atoms with Crippen molar-refractivity contribution in [3.8, 4) is 0 Å². The normalized spacial score (nSPS) is 10.2. The van der Waals surface area contributed by atoms with Gasteiger partial charge in [-0.3, -0.25) is 14.9 Å². The van der Waals surface area contributed by atoms with Crippen LogP contribution in [0.5, 0.6) is 0 Å². The molecule has 2 aromatic heterocycles. The summed E-state index contributed by atoms with van der Waals surface area (Å²) in [4.78, 5) is 25.3. The minimum absolute atomic E-state index is 0.208. The molecule has 7 heteroatoms. The number of nitrogens with one attached hydrogen (secondary N) is 1. The number of hydrogen-bond acceptors (Lipinski definition) is 5. The molecule has 0 aliphatic heterocycles. The van der Waals surface area contributed by atoms with Crippen LogP contribution in [-0.4, -0.2) is 43.0 Å². The second-order valence-corrected chi connectivity index (χ2v) is 3.59. The number of H-pyrrole nitrogens is 1. The Morgan fingerprint density at radius 3 is 2.88 bits per heavy atom. The van der Waals surface area contributed by atoms with Gasteiger partial charge in [0.25, 0.3) is 5.91 Å². The zero-order valence-electron chi connectivity index (χ0n) is 9.58. The van der Waals surface area contributed by atoms with Crippen molar-refractivity contribution in [2.24, 2.45) is 0 Å². The molecule has 7 nitrogen and oxygen atoms in total. The van der Waals surface area contributed by atoms with E-state index in [1.807, 2.05) is 0 Å². The second kappa shape index (κ2) is 4.69. The van der Waals surface area contributed by atoms with Crippen LogP contribution in [0.15, 0.2) is 18.6 Å². The van der Waals surface area contributed by atoms with Crippen LogP contribution in [0.3, 0.4) is 0 Å². The summed E-state index contributed by atoms with van der Waals surface area (Å²) in [6, 6.07) is 0. The van der Waals surface area contributed by atoms with Gasteiger partial charge < -0.3 is 4.90 Å². The summed E-state index contributed by atoms with van der Waals surface area (Å²) in [5.74, 6) is 1.09. The highest BCUT2D eigenvalue weighted by molar-refractivity contribution is 5.91. The van der Waals surface area contributed by atoms with Gasteiger partial charge in [0, 0.05) is 19.4 Å². The van der Waals surface area contributed by atoms with Crippen molar-refractivity contribution in [2.45, 2.75) is 13.5 Å². The smallest absolute Gasteiger partial charge is 0.274 e. The lowest BCUT2D eigenvalue weighted by molar-refractivity contribution is 0.0775. The van der Waals surface area contributed by atoms with Crippen molar-refractivity contribution in [3.63, 3.8) is 0 Å². The molecular weight excluding hydrogens is 220 g/mol. The summed E-state index contributed by atoms with van der Waals surface area (Å²) in [6.45, 7) is 2.14. The lowest BCUT2D eigenvalue weighted by Gasteiger charge is -2.13. The van der Waals surface area contributed by atoms with Crippen LogP contribution in [0.4, 0.5) is 0 Å². The first-order chi connectivity index (χ1) is 8.16. The van der Waals surface area contributed by atoms with Crippen molar-refractivity contribution >= 4 is 5.91 Å². The van der Waals surface area contributed by atoms with Gasteiger partial charge in [-0.05, 0) is 6.92 Å². The van der Waals surface area contributed by atoms with Gasteiger partial charge in [0.1, 0.15) is 11.5 Å². The highest BCUT2D eigenvalue weighted by atomic mass is 16.2. The first kappa shape index (κ1) is 11.2. The van der Waals surface area contributed by atoms with Crippen LogP contribution in [0.25, 0.3) is 0 Å². The van der Waals surface area contributed by atoms with Crippen molar-refractivity contribution in [1.29, 1.82) is 0 Å². The highest BCUT2D eigenvalue weighted by Crippen LogP contribution is 2.02. The third-order valence-corrected chi connectivity index (χ3v) is 2.15. The van der Waals surface area contributed by atoms with E-state index < -0.39 is 0 Å². The topological polar surface area (TPSA) is 87.7 Å². The molecular formula is C10H12N6O. The molecule has 88 valence electrons. The molecule has 0 saturated carbocycles. The molecule has 2 rings (SSSR count). The number of aryl methyl sites for hydroxylation is 1. The van der Waals surface area contributed by atoms with Crippen molar-refractivity contribution < 1.29 is 4.79 Å². The number of rotatable bonds is 3. The predicted octanol–water partition coefficient (Wildman–Crippen LogP) is 0.175. The monoisotopic (exact) mass is 232 g/mol. The molecule has 17 heavy (non-hydrogen) atoms. The zero-order chi connectivity index (χ0) is 12.3. The summed E-state index contributed by atoms with van der Waals surface area (Å²) in [5.41, 5.74) is 0.308. The Morgan fingerprint density at radius 1 is 1.47 bits per heavy atom. The Bertz CT molecular complexity index is 509. The average Bonchev–Trinajstić information content (AvgIpc) is 2.75. The largest absolute Gasteiger partial charge is 0.333 e. The number of carbonyl (C=O) groups excluding carboxylic acids is 1. The molecule has 0 fully saturated rings. The number of amides is 1. The molecule has 0 saturated heterocycles. The van der Waals surface area contributed by atoms with Crippen LogP contribution in [-0.2, 0) is 6.54 Å². The fourth-order valence-corrected chi connectivity index (χ4v) is 1.35. The molecule has 0 radical (unpaired) electrons. The minimum Gasteiger partial charge on any atom is -0.333 e. The van der Waals surface area contributed by atoms with Gasteiger partial charge in [-0.2, -0.15) is 5.10 Å². The van der Waals surface area contributed by atoms with E-state index in [0.29, 0.717) is 18.1 Å². The van der Waals surface area contributed by atoms with Crippen molar-refractivity contribution in [1.82, 2.24) is 30.0 Å². The average molecular weight is 232 g/mol. The summed E-state index contributed by atoms with van der Waals surface area (Å²) in [7, 11) is 1.67. The molecule has 0 bridgehead atoms. The molecule has 0 unspecified atom stereocenters. The number of nitrogens with zero attached hydrogens (tertiary/aromatic N) is 5. The standard InChI is InChI=1S/C10H12N6O/c1-7-13-9(15-14-7)6-16(2)10(17)8-5-11-3-4-12-8/h3-5H,6H2,1-2H3,(H,13,14,15). The van der Waals surface area contributed by atoms with Crippen molar-refractivity contribution in [2.75, 3.05) is 7.05 Å². The number of carbonyl (C=O) groups is 1. The minimum atomic E-state index is -0.208. The summed E-state index contributed by atoms with van der Waals surface area (Å²) in [5, 5.41) is 6.69. The Balaban J connectivity index is 2.06. The summed E-state index contributed by atoms with van der Waals surface area (Å²) in [6.07, 6.45) is 4.44. The third kappa shape index (κ3) is 2.63. The Hall–Kier alpha value is -2.31. The number of hydrogen-bond donors (Lipinski definition) is 1. The third-order valence-electron chi connectivity index (χ3n) is 2.15. The maximum Gasteiger partial charge on any atom is 0.274 e. The van der Waals surface area contributed by atoms with Crippen LogP contribution in [0.1, 0.15) is 22.1 Å². The van der Waals surface area contributed by atoms with Crippen LogP contribution in [0, 0.1) is 6.92 Å². The van der Waals surface area contributed by atoms with E-state index in [-0.39, 0.29) is 5.91 Å². The number of aromatic nitrogens is 5. The van der Waals surface area contributed by atoms with Gasteiger partial charge in [0.05, 0.1) is 12.7 Å². The first-order valence-electron chi connectivity index (χ1n) is 5.06. The quantitative estimate of drug-likeness (QED) is 0.815. The predicted molar refractivity (Wildman–Crippen MR) is 58.9 cm³/mol. The summed E-state index contributed by atoms with van der Waals surface area (Å²) >= 11 is 0. The molecule has 0 aromatic carbocycles. The van der Waals surface area contributed by atoms with E-state index in [0.717, 1.165) is 5.82 Å². The number of aromatic amines is 1. The van der Waals surface area contributed by atoms with E-state index in [2.05, 4.69) is 25.1 Å². The highest BCUT2D eigenvalue weighted by Gasteiger charge is 2.14. The fraction of sp³-hybridized carbons (Fsp3) is 0.300. The molecule has 0 atom stereocenters. The van der Waals surface area contributed by atoms with E-state index >= 15 is 0 Å². The molecule has 1 N–H and O–H groups in total. The fourth-order valence-electron chi connectivity index (χ4n) is 1.35. The maximum absolute atomic E-state index is 11.9. The van der Waals surface area contributed by atoms with Crippen LogP contribution in [0.2, 0.25) is 0 Å². The lowest BCUT2D eigenvalue weighted by Crippen LogP contribution is -2.27. The van der Waals surface area contributed by atoms with Gasteiger partial charge >= 0.3 is 0 Å². The van der Waals surface area contributed by atoms with Gasteiger partial charge in [-0.1, -0.05) is 0 Å². The molecule has 2 heterocycles. The molecule has 1 amide bonds. The van der Waals surface area contributed by atoms with Crippen molar-refractivity contribution in [3.05, 3.63) is 35.9 Å². The summed E-state index contributed by atoms with van der Waals surface area (Å²) < 4.78 is 0. The van der Waals surface area contributed by atoms with Gasteiger partial charge in [0.15, 0.2) is 5.82 Å². The van der Waals surface area contributed by atoms with E-state index in [4.69, 9.17) is 0 Å². The Morgan fingerprint density at radius 2 is 2.29 bits per heavy atom. The maximum atomic E-state index is 11.9. The second-order valence-electron chi connectivity index (χ2n) is 3.59. The van der Waals surface area contributed by atoms with Crippen LogP contribution < -0.4 is 0 Å². The molecule has 0 aliphatic carbocycles. The van der Waals surface area contributed by atoms with E-state index in [1.165, 1.54) is 23.5 Å². The van der Waals surface area contributed by atoms with Gasteiger partial charge in [0.2, 0.25) is 0 Å². The van der Waals surface area contributed by atoms with Gasteiger partial charge in [-0.15, -0.1) is 0 Å². The lowest BCUT2D eigenvalue weighted by atomic mass is 10.4.